The number of allylic oxidation sites excluding steroid dienone is 3. The van der Waals surface area contributed by atoms with E-state index in [1.165, 1.54) is 37.9 Å². The smallest absolute Gasteiger partial charge is 0.173 e. The fourth-order valence-electron chi connectivity index (χ4n) is 7.88. The van der Waals surface area contributed by atoms with Gasteiger partial charge in [-0.05, 0) is 99.3 Å². The van der Waals surface area contributed by atoms with Crippen molar-refractivity contribution < 1.29 is 14.0 Å². The van der Waals surface area contributed by atoms with Crippen molar-refractivity contribution in [3.63, 3.8) is 0 Å². The molecule has 4 fully saturated rings. The highest BCUT2D eigenvalue weighted by Crippen LogP contribution is 2.65. The van der Waals surface area contributed by atoms with Crippen molar-refractivity contribution in [3.05, 3.63) is 23.8 Å². The van der Waals surface area contributed by atoms with Gasteiger partial charge >= 0.3 is 0 Å². The molecule has 5 aliphatic rings. The summed E-state index contributed by atoms with van der Waals surface area (Å²) in [6.45, 7) is 12.8. The molecule has 0 aromatic rings. The van der Waals surface area contributed by atoms with E-state index in [4.69, 9.17) is 4.84 Å². The summed E-state index contributed by atoms with van der Waals surface area (Å²) in [4.78, 5) is 20.8. The molecule has 32 heavy (non-hydrogen) atoms. The lowest BCUT2D eigenvalue weighted by atomic mass is 9.47. The van der Waals surface area contributed by atoms with Gasteiger partial charge < -0.3 is 4.84 Å². The molecule has 0 radical (unpaired) electrons. The van der Waals surface area contributed by atoms with Crippen LogP contribution in [0.2, 0.25) is 0 Å². The molecule has 4 nitrogen and oxygen atoms in total. The summed E-state index contributed by atoms with van der Waals surface area (Å²) in [6.07, 6.45) is 9.98. The van der Waals surface area contributed by atoms with Crippen LogP contribution in [-0.2, 0) is 9.63 Å². The Balaban J connectivity index is 1.29. The fourth-order valence-corrected chi connectivity index (χ4v) is 7.88. The van der Waals surface area contributed by atoms with Crippen molar-refractivity contribution in [2.45, 2.75) is 77.8 Å². The molecule has 1 aliphatic heterocycles. The van der Waals surface area contributed by atoms with Crippen LogP contribution in [-0.4, -0.2) is 48.8 Å². The van der Waals surface area contributed by atoms with E-state index in [9.17, 15) is 9.18 Å². The molecule has 1 saturated heterocycles. The number of Topliss-reactive ketones (excluding diaryl/α,β-unsaturated/α-hetero) is 1. The lowest BCUT2D eigenvalue weighted by molar-refractivity contribution is -0.134. The highest BCUT2D eigenvalue weighted by molar-refractivity contribution is 5.97. The van der Waals surface area contributed by atoms with E-state index in [1.54, 1.807) is 0 Å². The van der Waals surface area contributed by atoms with Crippen LogP contribution in [0.3, 0.4) is 0 Å². The number of piperidine rings is 1. The molecule has 1 heterocycles. The Morgan fingerprint density at radius 3 is 2.75 bits per heavy atom. The minimum absolute atomic E-state index is 0.0472. The molecule has 4 aliphatic carbocycles. The summed E-state index contributed by atoms with van der Waals surface area (Å²) < 4.78 is 14.5. The van der Waals surface area contributed by atoms with Crippen LogP contribution in [0, 0.1) is 28.6 Å². The zero-order valence-electron chi connectivity index (χ0n) is 19.9. The van der Waals surface area contributed by atoms with Gasteiger partial charge in [0.25, 0.3) is 0 Å². The summed E-state index contributed by atoms with van der Waals surface area (Å²) in [5.74, 6) is 0.884. The van der Waals surface area contributed by atoms with Crippen molar-refractivity contribution in [3.8, 4) is 0 Å². The molecule has 3 saturated carbocycles. The molecule has 6 atom stereocenters. The second-order valence-electron chi connectivity index (χ2n) is 11.5. The van der Waals surface area contributed by atoms with Gasteiger partial charge in [-0.3, -0.25) is 9.69 Å². The molecular weight excluding hydrogens is 403 g/mol. The van der Waals surface area contributed by atoms with Crippen molar-refractivity contribution >= 4 is 11.5 Å². The first-order valence-corrected chi connectivity index (χ1v) is 12.8. The van der Waals surface area contributed by atoms with E-state index in [-0.39, 0.29) is 17.1 Å². The van der Waals surface area contributed by atoms with Gasteiger partial charge in [0, 0.05) is 12.0 Å². The third-order valence-corrected chi connectivity index (χ3v) is 9.77. The number of carbonyl (C=O) groups excluding carboxylic acids is 1. The molecule has 5 rings (SSSR count). The molecule has 0 spiro atoms. The minimum atomic E-state index is -1.27. The second kappa shape index (κ2) is 8.38. The second-order valence-corrected chi connectivity index (χ2v) is 11.5. The molecule has 4 unspecified atom stereocenters. The number of rotatable bonds is 4. The minimum Gasteiger partial charge on any atom is -0.394 e. The van der Waals surface area contributed by atoms with Gasteiger partial charge in [-0.15, -0.1) is 0 Å². The number of hydrogen-bond acceptors (Lipinski definition) is 4. The summed E-state index contributed by atoms with van der Waals surface area (Å²) in [7, 11) is 0. The predicted octanol–water partition coefficient (Wildman–Crippen LogP) is 5.49. The van der Waals surface area contributed by atoms with Crippen LogP contribution < -0.4 is 0 Å². The number of hydrogen-bond donors (Lipinski definition) is 0. The quantitative estimate of drug-likeness (QED) is 0.427. The SMILES string of the molecule is C=C1CC2C(CC[C@]3(C)C(=O)C(F)CC23)[C@@]2(C)CC/C(=N\OCCN3CCCCC3)C=C12. The molecule has 176 valence electrons. The Labute approximate surface area is 192 Å². The zero-order chi connectivity index (χ0) is 22.5. The molecular formula is C27H39FN2O2. The van der Waals surface area contributed by atoms with E-state index in [2.05, 4.69) is 29.6 Å². The third-order valence-electron chi connectivity index (χ3n) is 9.77. The van der Waals surface area contributed by atoms with Gasteiger partial charge in [0.1, 0.15) is 6.61 Å². The summed E-state index contributed by atoms with van der Waals surface area (Å²) in [5, 5.41) is 4.49. The summed E-state index contributed by atoms with van der Waals surface area (Å²) >= 11 is 0. The number of ketones is 1. The topological polar surface area (TPSA) is 41.9 Å². The van der Waals surface area contributed by atoms with E-state index < -0.39 is 11.6 Å². The van der Waals surface area contributed by atoms with Gasteiger partial charge in [0.05, 0.1) is 5.71 Å². The highest BCUT2D eigenvalue weighted by Gasteiger charge is 2.62. The van der Waals surface area contributed by atoms with Gasteiger partial charge in [0.2, 0.25) is 0 Å². The Morgan fingerprint density at radius 2 is 1.97 bits per heavy atom. The van der Waals surface area contributed by atoms with Crippen molar-refractivity contribution in [1.82, 2.24) is 4.90 Å². The summed E-state index contributed by atoms with van der Waals surface area (Å²) in [5.41, 5.74) is 3.09. The maximum absolute atomic E-state index is 14.5. The van der Waals surface area contributed by atoms with Crippen LogP contribution in [0.1, 0.15) is 71.6 Å². The van der Waals surface area contributed by atoms with Crippen molar-refractivity contribution in [2.75, 3.05) is 26.2 Å². The number of nitrogens with zero attached hydrogens (tertiary/aromatic N) is 2. The maximum Gasteiger partial charge on any atom is 0.173 e. The lowest BCUT2D eigenvalue weighted by Gasteiger charge is -2.57. The standard InChI is InChI=1S/C27H39FN2O2/c1-18-15-20-21(8-10-27(3)23(20)17-24(28)25(27)31)26(2)9-7-19(16-22(18)26)29-32-14-13-30-11-5-4-6-12-30/h16,20-21,23-24H,1,4-15,17H2,2-3H3/b29-19+/t20?,21?,23?,24?,26-,27+/m1/s1. The molecule has 0 aromatic heterocycles. The molecule has 0 amide bonds. The Bertz CT molecular complexity index is 845. The number of likely N-dealkylation sites (tertiary alicyclic amines) is 1. The van der Waals surface area contributed by atoms with E-state index in [1.807, 2.05) is 6.92 Å². The first-order chi connectivity index (χ1) is 15.3. The Kier molecular flexibility index (Phi) is 5.84. The Hall–Kier alpha value is -1.49. The average molecular weight is 443 g/mol. The van der Waals surface area contributed by atoms with Crippen molar-refractivity contribution in [2.24, 2.45) is 33.7 Å². The number of alkyl halides is 1. The number of halogens is 1. The average Bonchev–Trinajstić information content (AvgIpc) is 3.02. The highest BCUT2D eigenvalue weighted by atomic mass is 19.1. The van der Waals surface area contributed by atoms with Gasteiger partial charge in [-0.25, -0.2) is 4.39 Å². The lowest BCUT2D eigenvalue weighted by Crippen LogP contribution is -2.51. The normalized spacial score (nSPS) is 43.5. The Morgan fingerprint density at radius 1 is 1.19 bits per heavy atom. The van der Waals surface area contributed by atoms with E-state index in [0.717, 1.165) is 49.9 Å². The van der Waals surface area contributed by atoms with E-state index >= 15 is 0 Å². The zero-order valence-corrected chi connectivity index (χ0v) is 19.9. The third kappa shape index (κ3) is 3.59. The van der Waals surface area contributed by atoms with Crippen LogP contribution in [0.4, 0.5) is 4.39 Å². The molecule has 0 aromatic carbocycles. The monoisotopic (exact) mass is 442 g/mol. The fraction of sp³-hybridized carbons (Fsp3) is 0.778. The van der Waals surface area contributed by atoms with Gasteiger partial charge in [0.15, 0.2) is 12.0 Å². The first kappa shape index (κ1) is 22.3. The summed E-state index contributed by atoms with van der Waals surface area (Å²) in [6, 6.07) is 0. The maximum atomic E-state index is 14.5. The molecule has 0 N–H and O–H groups in total. The van der Waals surface area contributed by atoms with Crippen LogP contribution in [0.15, 0.2) is 29.0 Å². The first-order valence-electron chi connectivity index (χ1n) is 12.8. The van der Waals surface area contributed by atoms with Crippen LogP contribution in [0.5, 0.6) is 0 Å². The largest absolute Gasteiger partial charge is 0.394 e. The van der Waals surface area contributed by atoms with Gasteiger partial charge in [-0.1, -0.05) is 37.6 Å². The molecule has 0 bridgehead atoms. The molecule has 5 heteroatoms. The predicted molar refractivity (Wildman–Crippen MR) is 125 cm³/mol. The number of oxime groups is 1. The van der Waals surface area contributed by atoms with Crippen LogP contribution >= 0.6 is 0 Å². The van der Waals surface area contributed by atoms with Crippen molar-refractivity contribution in [1.29, 1.82) is 0 Å². The van der Waals surface area contributed by atoms with E-state index in [0.29, 0.717) is 24.9 Å². The van der Waals surface area contributed by atoms with Gasteiger partial charge in [-0.2, -0.15) is 0 Å². The number of carbonyl (C=O) groups is 1. The van der Waals surface area contributed by atoms with Crippen LogP contribution in [0.25, 0.3) is 0 Å². The number of fused-ring (bicyclic) bond motifs is 5.